The van der Waals surface area contributed by atoms with E-state index in [1.807, 2.05) is 0 Å². The number of esters is 1. The summed E-state index contributed by atoms with van der Waals surface area (Å²) in [6.45, 7) is -0.359. The third-order valence-corrected chi connectivity index (χ3v) is 6.40. The highest BCUT2D eigenvalue weighted by atomic mass is 35.5. The number of benzene rings is 3. The Morgan fingerprint density at radius 1 is 1.08 bits per heavy atom. The van der Waals surface area contributed by atoms with Gasteiger partial charge in [-0.2, -0.15) is 0 Å². The molecule has 1 N–H and O–H groups in total. The van der Waals surface area contributed by atoms with Gasteiger partial charge in [-0.25, -0.2) is 4.79 Å². The molecule has 0 aliphatic carbocycles. The monoisotopic (exact) mass is 584 g/mol. The van der Waals surface area contributed by atoms with Gasteiger partial charge >= 0.3 is 16.8 Å². The average Bonchev–Trinajstić information content (AvgIpc) is 3.16. The molecule has 0 saturated carbocycles. The van der Waals surface area contributed by atoms with Crippen LogP contribution < -0.4 is 9.61 Å². The Morgan fingerprint density at radius 3 is 2.43 bits per heavy atom. The molecule has 0 bridgehead atoms. The highest BCUT2D eigenvalue weighted by Gasteiger charge is 2.22. The van der Waals surface area contributed by atoms with E-state index in [9.17, 15) is 24.5 Å². The van der Waals surface area contributed by atoms with Gasteiger partial charge in [0.05, 0.1) is 32.3 Å². The van der Waals surface area contributed by atoms with E-state index in [2.05, 4.69) is 4.74 Å². The van der Waals surface area contributed by atoms with Gasteiger partial charge in [0.2, 0.25) is 0 Å². The summed E-state index contributed by atoms with van der Waals surface area (Å²) in [4.78, 5) is 43.6. The van der Waals surface area contributed by atoms with Gasteiger partial charge in [0.1, 0.15) is 23.6 Å². The average molecular weight is 586 g/mol. The third-order valence-electron chi connectivity index (χ3n) is 4.62. The summed E-state index contributed by atoms with van der Waals surface area (Å²) in [5.74, 6) is -1.39. The number of nitro benzene ring substituents is 1. The van der Waals surface area contributed by atoms with Crippen molar-refractivity contribution in [2.75, 3.05) is 7.11 Å². The number of nitro groups is 1. The molecule has 192 valence electrons. The summed E-state index contributed by atoms with van der Waals surface area (Å²) in [6.07, 6.45) is 0. The van der Waals surface area contributed by atoms with Gasteiger partial charge in [0, 0.05) is 17.2 Å². The van der Waals surface area contributed by atoms with Crippen molar-refractivity contribution in [1.82, 2.24) is 4.57 Å². The van der Waals surface area contributed by atoms with E-state index in [1.54, 1.807) is 30.3 Å². The minimum absolute atomic E-state index is 0.204. The first-order valence-electron chi connectivity index (χ1n) is 10.0. The van der Waals surface area contributed by atoms with Crippen LogP contribution in [0.1, 0.15) is 10.4 Å². The van der Waals surface area contributed by atoms with Crippen molar-refractivity contribution >= 4 is 74.0 Å². The number of para-hydroxylation sites is 1. The van der Waals surface area contributed by atoms with Gasteiger partial charge in [-0.15, -0.1) is 0 Å². The van der Waals surface area contributed by atoms with Crippen molar-refractivity contribution in [2.45, 2.75) is 6.54 Å². The minimum atomic E-state index is -1.06. The molecule has 10 nitrogen and oxygen atoms in total. The van der Waals surface area contributed by atoms with E-state index < -0.39 is 16.9 Å². The molecule has 0 aliphatic heterocycles. The summed E-state index contributed by atoms with van der Waals surface area (Å²) < 4.78 is 11.9. The van der Waals surface area contributed by atoms with Crippen molar-refractivity contribution < 1.29 is 29.1 Å². The number of methoxy groups -OCH3 is 1. The molecule has 0 atom stereocenters. The smallest absolute Gasteiger partial charge is 0.345 e. The molecule has 0 amide bonds. The molecule has 0 fully saturated rings. The van der Waals surface area contributed by atoms with Gasteiger partial charge < -0.3 is 14.6 Å². The fourth-order valence-corrected chi connectivity index (χ4v) is 4.75. The summed E-state index contributed by atoms with van der Waals surface area (Å²) in [5.41, 5.74) is -0.0898. The zero-order valence-corrected chi connectivity index (χ0v) is 21.7. The number of hydrogen-bond donors (Lipinski definition) is 1. The first kappa shape index (κ1) is 27.9. The van der Waals surface area contributed by atoms with Crippen LogP contribution in [0.25, 0.3) is 10.2 Å². The van der Waals surface area contributed by atoms with Gasteiger partial charge in [0.15, 0.2) is 0 Å². The molecule has 0 aliphatic rings. The molecule has 0 unspecified atom stereocenters. The molecule has 1 heterocycles. The van der Waals surface area contributed by atoms with E-state index in [0.717, 1.165) is 24.5 Å². The number of fused-ring (bicyclic) bond motifs is 1. The number of carboxylic acids is 1. The summed E-state index contributed by atoms with van der Waals surface area (Å²) in [5, 5.41) is 20.7. The molecule has 4 aromatic rings. The third kappa shape index (κ3) is 6.77. The SMILES string of the molecule is COC(=O)c1cc(Oc2ccc(Cl)cc2Cl)ccc1[N+](=O)[O-].O=C(O)Cn1c(=O)sc2cccc(Cl)c21. The van der Waals surface area contributed by atoms with Gasteiger partial charge in [0.25, 0.3) is 5.69 Å². The van der Waals surface area contributed by atoms with E-state index in [0.29, 0.717) is 26.0 Å². The highest BCUT2D eigenvalue weighted by molar-refractivity contribution is 7.16. The van der Waals surface area contributed by atoms with Gasteiger partial charge in [-0.1, -0.05) is 52.2 Å². The number of carboxylic acid groups (broad SMARTS) is 1. The predicted octanol–water partition coefficient (Wildman–Crippen LogP) is 6.28. The quantitative estimate of drug-likeness (QED) is 0.158. The van der Waals surface area contributed by atoms with Crippen molar-refractivity contribution in [3.63, 3.8) is 0 Å². The van der Waals surface area contributed by atoms with Crippen molar-refractivity contribution in [1.29, 1.82) is 0 Å². The number of halogens is 3. The molecule has 1 aromatic heterocycles. The molecule has 0 saturated heterocycles. The van der Waals surface area contributed by atoms with E-state index in [1.165, 1.54) is 22.8 Å². The molecule has 3 aromatic carbocycles. The maximum atomic E-state index is 11.6. The fourth-order valence-electron chi connectivity index (χ4n) is 3.06. The number of carbonyl (C=O) groups excluding carboxylic acids is 1. The maximum absolute atomic E-state index is 11.6. The molecule has 0 radical (unpaired) electrons. The Kier molecular flexibility index (Phi) is 9.11. The van der Waals surface area contributed by atoms with Crippen LogP contribution in [0.4, 0.5) is 5.69 Å². The highest BCUT2D eigenvalue weighted by Crippen LogP contribution is 2.33. The summed E-state index contributed by atoms with van der Waals surface area (Å²) in [6, 6.07) is 13.5. The van der Waals surface area contributed by atoms with Crippen LogP contribution in [-0.4, -0.2) is 33.6 Å². The minimum Gasteiger partial charge on any atom is -0.480 e. The lowest BCUT2D eigenvalue weighted by Crippen LogP contribution is -2.18. The van der Waals surface area contributed by atoms with E-state index in [4.69, 9.17) is 44.6 Å². The van der Waals surface area contributed by atoms with Crippen LogP contribution in [0, 0.1) is 10.1 Å². The van der Waals surface area contributed by atoms with Crippen LogP contribution in [-0.2, 0) is 16.1 Å². The number of aromatic nitrogens is 1. The second-order valence-corrected chi connectivity index (χ2v) is 9.28. The Hall–Kier alpha value is -3.64. The largest absolute Gasteiger partial charge is 0.480 e. The second-order valence-electron chi connectivity index (χ2n) is 7.04. The van der Waals surface area contributed by atoms with Crippen LogP contribution in [0.15, 0.2) is 59.4 Å². The Morgan fingerprint density at radius 2 is 1.81 bits per heavy atom. The Labute approximate surface area is 227 Å². The predicted molar refractivity (Wildman–Crippen MR) is 140 cm³/mol. The topological polar surface area (TPSA) is 138 Å². The standard InChI is InChI=1S/C14H9Cl2NO5.C9H6ClNO3S/c1-21-14(18)10-7-9(3-4-12(10)17(19)20)22-13-5-2-8(15)6-11(13)16;10-5-2-1-3-6-8(5)11(4-7(12)13)9(14)15-6/h2-7H,1H3;1-3H,4H2,(H,12,13). The Bertz CT molecular complexity index is 1570. The number of rotatable bonds is 6. The van der Waals surface area contributed by atoms with Crippen LogP contribution in [0.2, 0.25) is 15.1 Å². The number of ether oxygens (including phenoxy) is 2. The second kappa shape index (κ2) is 12.1. The lowest BCUT2D eigenvalue weighted by atomic mass is 10.1. The van der Waals surface area contributed by atoms with Crippen molar-refractivity contribution in [2.24, 2.45) is 0 Å². The first-order chi connectivity index (χ1) is 17.5. The molecule has 37 heavy (non-hydrogen) atoms. The molecular weight excluding hydrogens is 571 g/mol. The van der Waals surface area contributed by atoms with Crippen LogP contribution in [0.5, 0.6) is 11.5 Å². The normalized spacial score (nSPS) is 10.4. The number of aliphatic carboxylic acids is 1. The zero-order valence-electron chi connectivity index (χ0n) is 18.6. The lowest BCUT2D eigenvalue weighted by molar-refractivity contribution is -0.385. The number of thiazole rings is 1. The van der Waals surface area contributed by atoms with Crippen molar-refractivity contribution in [3.8, 4) is 11.5 Å². The molecule has 0 spiro atoms. The molecule has 4 rings (SSSR count). The first-order valence-corrected chi connectivity index (χ1v) is 12.0. The van der Waals surface area contributed by atoms with E-state index >= 15 is 0 Å². The molecular formula is C23H15Cl3N2O8S. The molecule has 14 heteroatoms. The lowest BCUT2D eigenvalue weighted by Gasteiger charge is -2.09. The number of carbonyl (C=O) groups is 2. The maximum Gasteiger partial charge on any atom is 0.345 e. The van der Waals surface area contributed by atoms with Crippen molar-refractivity contribution in [3.05, 3.63) is 95.0 Å². The van der Waals surface area contributed by atoms with Crippen LogP contribution >= 0.6 is 46.1 Å². The Balaban J connectivity index is 0.000000220. The summed E-state index contributed by atoms with van der Waals surface area (Å²) >= 11 is 18.7. The van der Waals surface area contributed by atoms with Gasteiger partial charge in [-0.3, -0.25) is 24.3 Å². The fraction of sp³-hybridized carbons (Fsp3) is 0.0870. The number of nitrogens with zero attached hydrogens (tertiary/aromatic N) is 2. The van der Waals surface area contributed by atoms with E-state index in [-0.39, 0.29) is 33.4 Å². The number of hydrogen-bond acceptors (Lipinski definition) is 8. The zero-order chi connectivity index (χ0) is 27.3. The summed E-state index contributed by atoms with van der Waals surface area (Å²) in [7, 11) is 1.13. The van der Waals surface area contributed by atoms with Gasteiger partial charge in [-0.05, 0) is 36.4 Å². The van der Waals surface area contributed by atoms with Crippen LogP contribution in [0.3, 0.4) is 0 Å².